The van der Waals surface area contributed by atoms with Crippen molar-refractivity contribution in [2.45, 2.75) is 27.2 Å². The molecule has 0 aliphatic rings. The van der Waals surface area contributed by atoms with Gasteiger partial charge in [0.25, 0.3) is 0 Å². The average Bonchev–Trinajstić information content (AvgIpc) is 2.72. The average molecular weight is 414 g/mol. The van der Waals surface area contributed by atoms with Crippen LogP contribution in [0.3, 0.4) is 0 Å². The van der Waals surface area contributed by atoms with Gasteiger partial charge in [-0.25, -0.2) is 0 Å². The maximum atomic E-state index is 6.05. The molecule has 2 aromatic rings. The van der Waals surface area contributed by atoms with E-state index in [1.165, 1.54) is 0 Å². The summed E-state index contributed by atoms with van der Waals surface area (Å²) in [5.41, 5.74) is 4.26. The predicted octanol–water partition coefficient (Wildman–Crippen LogP) is 5.81. The van der Waals surface area contributed by atoms with Crippen LogP contribution in [0.15, 0.2) is 59.8 Å². The molecule has 0 N–H and O–H groups in total. The van der Waals surface area contributed by atoms with Crippen molar-refractivity contribution in [2.24, 2.45) is 5.16 Å². The summed E-state index contributed by atoms with van der Waals surface area (Å²) in [5.74, 6) is 3.65. The number of thioether (sulfide) groups is 1. The van der Waals surface area contributed by atoms with Gasteiger partial charge in [0.2, 0.25) is 0 Å². The normalized spacial score (nSPS) is 11.7. The third-order valence-electron chi connectivity index (χ3n) is 4.24. The van der Waals surface area contributed by atoms with Crippen LogP contribution in [0.25, 0.3) is 0 Å². The van der Waals surface area contributed by atoms with Crippen molar-refractivity contribution in [1.29, 1.82) is 0 Å². The number of hydrogen-bond donors (Lipinski definition) is 0. The summed E-state index contributed by atoms with van der Waals surface area (Å²) in [5, 5.41) is 4.17. The summed E-state index contributed by atoms with van der Waals surface area (Å²) in [7, 11) is 1.59. The Labute approximate surface area is 178 Å². The van der Waals surface area contributed by atoms with Crippen molar-refractivity contribution < 1.29 is 14.3 Å². The minimum absolute atomic E-state index is 0.587. The first-order valence-corrected chi connectivity index (χ1v) is 11.0. The van der Waals surface area contributed by atoms with E-state index in [9.17, 15) is 0 Å². The smallest absolute Gasteiger partial charge is 0.125 e. The Morgan fingerprint density at radius 3 is 2.45 bits per heavy atom. The molecular weight excluding hydrogens is 382 g/mol. The second kappa shape index (κ2) is 12.9. The maximum Gasteiger partial charge on any atom is 0.125 e. The van der Waals surface area contributed by atoms with E-state index < -0.39 is 0 Å². The molecule has 0 bridgehead atoms. The summed E-state index contributed by atoms with van der Waals surface area (Å²) in [6, 6.07) is 14.2. The third kappa shape index (κ3) is 7.86. The third-order valence-corrected chi connectivity index (χ3v) is 5.30. The lowest BCUT2D eigenvalue weighted by molar-refractivity contribution is 0.213. The van der Waals surface area contributed by atoms with Gasteiger partial charge < -0.3 is 14.3 Å². The fourth-order valence-corrected chi connectivity index (χ4v) is 3.75. The van der Waals surface area contributed by atoms with Crippen LogP contribution >= 0.6 is 11.8 Å². The molecule has 0 amide bonds. The number of benzene rings is 2. The number of nitrogens with zero attached hydrogens (tertiary/aromatic N) is 1. The van der Waals surface area contributed by atoms with Crippen molar-refractivity contribution >= 4 is 17.5 Å². The first-order valence-electron chi connectivity index (χ1n) is 9.87. The number of rotatable bonds is 12. The molecule has 0 fully saturated rings. The first kappa shape index (κ1) is 22.9. The van der Waals surface area contributed by atoms with Crippen LogP contribution in [-0.2, 0) is 4.84 Å². The van der Waals surface area contributed by atoms with Gasteiger partial charge in [0.15, 0.2) is 0 Å². The van der Waals surface area contributed by atoms with Crippen molar-refractivity contribution in [3.05, 3.63) is 71.3 Å². The van der Waals surface area contributed by atoms with Gasteiger partial charge >= 0.3 is 0 Å². The second-order valence-corrected chi connectivity index (χ2v) is 7.71. The van der Waals surface area contributed by atoms with Gasteiger partial charge in [-0.2, -0.15) is 11.8 Å². The molecule has 0 spiro atoms. The summed E-state index contributed by atoms with van der Waals surface area (Å²) >= 11 is 1.84. The largest absolute Gasteiger partial charge is 0.493 e. The Kier molecular flexibility index (Phi) is 10.2. The van der Waals surface area contributed by atoms with Gasteiger partial charge in [-0.05, 0) is 56.2 Å². The molecule has 5 heteroatoms. The van der Waals surface area contributed by atoms with E-state index in [2.05, 4.69) is 31.1 Å². The number of oxime groups is 1. The van der Waals surface area contributed by atoms with Crippen LogP contribution in [0.5, 0.6) is 11.5 Å². The van der Waals surface area contributed by atoms with E-state index in [0.717, 1.165) is 51.8 Å². The summed E-state index contributed by atoms with van der Waals surface area (Å²) in [4.78, 5) is 5.00. The zero-order valence-corrected chi connectivity index (χ0v) is 18.6. The zero-order valence-electron chi connectivity index (χ0n) is 17.8. The minimum atomic E-state index is 0.587. The van der Waals surface area contributed by atoms with Crippen LogP contribution in [0.2, 0.25) is 0 Å². The minimum Gasteiger partial charge on any atom is -0.493 e. The standard InChI is InChI=1S/C24H31NO3S/c1-5-6-13-27-22-16-19(2)24(20(3)17-22)28-14-10-15-29-18-23(25-26-4)21-11-8-7-9-12-21/h5-9,11-12,16-17H,10,13-15,18H2,1-4H3/b6-5+,25-23-. The molecule has 2 aromatic carbocycles. The lowest BCUT2D eigenvalue weighted by atomic mass is 10.1. The zero-order chi connectivity index (χ0) is 20.9. The molecule has 0 heterocycles. The highest BCUT2D eigenvalue weighted by atomic mass is 32.2. The van der Waals surface area contributed by atoms with Crippen molar-refractivity contribution in [2.75, 3.05) is 31.8 Å². The van der Waals surface area contributed by atoms with Gasteiger partial charge in [-0.15, -0.1) is 0 Å². The van der Waals surface area contributed by atoms with Crippen molar-refractivity contribution in [3.63, 3.8) is 0 Å². The molecule has 0 aromatic heterocycles. The Balaban J connectivity index is 1.76. The Bertz CT molecular complexity index is 780. The molecule has 0 unspecified atom stereocenters. The SMILES string of the molecule is C/C=C/COc1cc(C)c(OCCCSC/C(=N/OC)c2ccccc2)c(C)c1. The van der Waals surface area contributed by atoms with E-state index in [4.69, 9.17) is 14.3 Å². The van der Waals surface area contributed by atoms with E-state index in [0.29, 0.717) is 13.2 Å². The molecule has 0 aliphatic heterocycles. The van der Waals surface area contributed by atoms with Gasteiger partial charge in [-0.1, -0.05) is 47.6 Å². The van der Waals surface area contributed by atoms with Crippen molar-refractivity contribution in [1.82, 2.24) is 0 Å². The summed E-state index contributed by atoms with van der Waals surface area (Å²) in [6.45, 7) is 7.39. The highest BCUT2D eigenvalue weighted by Crippen LogP contribution is 2.28. The molecule has 0 saturated heterocycles. The number of aryl methyl sites for hydroxylation is 2. The van der Waals surface area contributed by atoms with E-state index >= 15 is 0 Å². The predicted molar refractivity (Wildman–Crippen MR) is 124 cm³/mol. The fraction of sp³-hybridized carbons (Fsp3) is 0.375. The van der Waals surface area contributed by atoms with Crippen LogP contribution in [0.1, 0.15) is 30.0 Å². The quantitative estimate of drug-likeness (QED) is 0.190. The Morgan fingerprint density at radius 1 is 1.07 bits per heavy atom. The van der Waals surface area contributed by atoms with E-state index in [-0.39, 0.29) is 0 Å². The summed E-state index contributed by atoms with van der Waals surface area (Å²) < 4.78 is 11.8. The molecule has 29 heavy (non-hydrogen) atoms. The molecule has 0 atom stereocenters. The second-order valence-electron chi connectivity index (χ2n) is 6.61. The number of allylic oxidation sites excluding steroid dienone is 1. The van der Waals surface area contributed by atoms with Gasteiger partial charge in [0.1, 0.15) is 25.2 Å². The highest BCUT2D eigenvalue weighted by molar-refractivity contribution is 7.99. The maximum absolute atomic E-state index is 6.05. The lowest BCUT2D eigenvalue weighted by Crippen LogP contribution is -2.07. The van der Waals surface area contributed by atoms with Crippen LogP contribution in [0, 0.1) is 13.8 Å². The highest BCUT2D eigenvalue weighted by Gasteiger charge is 2.08. The van der Waals surface area contributed by atoms with Crippen LogP contribution < -0.4 is 9.47 Å². The van der Waals surface area contributed by atoms with Crippen molar-refractivity contribution in [3.8, 4) is 11.5 Å². The monoisotopic (exact) mass is 413 g/mol. The molecule has 156 valence electrons. The molecule has 0 aliphatic carbocycles. The lowest BCUT2D eigenvalue weighted by Gasteiger charge is -2.14. The van der Waals surface area contributed by atoms with E-state index in [1.807, 2.05) is 61.2 Å². The fourth-order valence-electron chi connectivity index (χ4n) is 2.87. The first-order chi connectivity index (χ1) is 14.2. The molecule has 4 nitrogen and oxygen atoms in total. The topological polar surface area (TPSA) is 40.0 Å². The molecular formula is C24H31NO3S. The van der Waals surface area contributed by atoms with Crippen LogP contribution in [0.4, 0.5) is 0 Å². The molecule has 0 radical (unpaired) electrons. The molecule has 2 rings (SSSR count). The number of ether oxygens (including phenoxy) is 2. The van der Waals surface area contributed by atoms with Crippen LogP contribution in [-0.4, -0.2) is 37.5 Å². The van der Waals surface area contributed by atoms with Gasteiger partial charge in [0, 0.05) is 11.3 Å². The van der Waals surface area contributed by atoms with E-state index in [1.54, 1.807) is 7.11 Å². The molecule has 0 saturated carbocycles. The van der Waals surface area contributed by atoms with Gasteiger partial charge in [-0.3, -0.25) is 0 Å². The number of hydrogen-bond acceptors (Lipinski definition) is 5. The Morgan fingerprint density at radius 2 is 1.79 bits per heavy atom. The van der Waals surface area contributed by atoms with Gasteiger partial charge in [0.05, 0.1) is 12.3 Å². The Hall–Kier alpha value is -2.40. The summed E-state index contributed by atoms with van der Waals surface area (Å²) in [6.07, 6.45) is 4.95.